The van der Waals surface area contributed by atoms with Crippen molar-refractivity contribution in [1.29, 1.82) is 0 Å². The summed E-state index contributed by atoms with van der Waals surface area (Å²) in [6.07, 6.45) is 1.07. The maximum absolute atomic E-state index is 14.4. The number of aromatic nitrogens is 4. The number of nitrogens with one attached hydrogen (secondary N) is 2. The van der Waals surface area contributed by atoms with Crippen LogP contribution in [0, 0.1) is 5.82 Å². The first-order valence-corrected chi connectivity index (χ1v) is 17.9. The largest absolute Gasteiger partial charge is 0.496 e. The Morgan fingerprint density at radius 3 is 2.67 bits per heavy atom. The van der Waals surface area contributed by atoms with Crippen molar-refractivity contribution in [1.82, 2.24) is 25.1 Å². The summed E-state index contributed by atoms with van der Waals surface area (Å²) in [5.41, 5.74) is 5.00. The zero-order valence-corrected chi connectivity index (χ0v) is 28.7. The molecule has 0 unspecified atom stereocenters. The summed E-state index contributed by atoms with van der Waals surface area (Å²) in [4.78, 5) is 38.5. The number of nitrogens with zero attached hydrogens (tertiary/aromatic N) is 4. The van der Waals surface area contributed by atoms with Gasteiger partial charge in [-0.15, -0.1) is 16.4 Å². The number of hydrogen-bond acceptors (Lipinski definition) is 9. The first kappa shape index (κ1) is 32.4. The minimum Gasteiger partial charge on any atom is -0.496 e. The highest BCUT2D eigenvalue weighted by molar-refractivity contribution is 7.23. The predicted molar refractivity (Wildman–Crippen MR) is 188 cm³/mol. The number of rotatable bonds is 9. The summed E-state index contributed by atoms with van der Waals surface area (Å²) in [5.74, 6) is -0.262. The maximum atomic E-state index is 14.4. The molecule has 2 aliphatic heterocycles. The van der Waals surface area contributed by atoms with Gasteiger partial charge in [-0.05, 0) is 90.9 Å². The Labute approximate surface area is 298 Å². The second kappa shape index (κ2) is 12.6. The summed E-state index contributed by atoms with van der Waals surface area (Å²) in [6.45, 7) is 0.576. The fourth-order valence-electron chi connectivity index (χ4n) is 7.99. The lowest BCUT2D eigenvalue weighted by atomic mass is 9.93. The third kappa shape index (κ3) is 5.35. The predicted octanol–water partition coefficient (Wildman–Crippen LogP) is 7.96. The van der Waals surface area contributed by atoms with Crippen molar-refractivity contribution < 1.29 is 27.1 Å². The molecule has 1 aliphatic carbocycles. The van der Waals surface area contributed by atoms with E-state index in [9.17, 15) is 22.8 Å². The van der Waals surface area contributed by atoms with Crippen molar-refractivity contribution in [3.8, 4) is 27.6 Å². The van der Waals surface area contributed by atoms with Gasteiger partial charge in [0.1, 0.15) is 23.1 Å². The van der Waals surface area contributed by atoms with E-state index in [0.29, 0.717) is 68.2 Å². The van der Waals surface area contributed by atoms with Crippen LogP contribution in [0.1, 0.15) is 81.9 Å². The Kier molecular flexibility index (Phi) is 7.86. The molecule has 6 aromatic rings. The molecule has 0 saturated carbocycles. The van der Waals surface area contributed by atoms with Gasteiger partial charge in [0.2, 0.25) is 0 Å². The van der Waals surface area contributed by atoms with E-state index < -0.39 is 12.2 Å². The van der Waals surface area contributed by atoms with Gasteiger partial charge in [0.15, 0.2) is 0 Å². The molecule has 0 bridgehead atoms. The van der Waals surface area contributed by atoms with Gasteiger partial charge >= 0.3 is 5.76 Å². The SMILES string of the molecule is COc1cccc2c1CC[C@H]2Nc1nc(C(F)F)cc2cc(-c3c4c(nc(CCc5ccc(F)cc5)c3-c3n[nH]c(=O)o3)[C@H]3CCCN3C4=O)sc12. The number of amides is 1. The Balaban J connectivity index is 1.24. The van der Waals surface area contributed by atoms with Crippen LogP contribution in [0.25, 0.3) is 32.0 Å². The van der Waals surface area contributed by atoms with Crippen molar-refractivity contribution in [2.75, 3.05) is 19.0 Å². The molecule has 9 rings (SSSR count). The van der Waals surface area contributed by atoms with Gasteiger partial charge in [-0.2, -0.15) is 0 Å². The zero-order chi connectivity index (χ0) is 35.7. The van der Waals surface area contributed by atoms with Gasteiger partial charge < -0.3 is 19.4 Å². The lowest BCUT2D eigenvalue weighted by Crippen LogP contribution is -2.22. The summed E-state index contributed by atoms with van der Waals surface area (Å²) >= 11 is 1.31. The molecule has 1 amide bonds. The average Bonchev–Trinajstić information content (AvgIpc) is 3.98. The monoisotopic (exact) mass is 724 g/mol. The minimum absolute atomic E-state index is 0.0389. The highest BCUT2D eigenvalue weighted by Gasteiger charge is 2.45. The highest BCUT2D eigenvalue weighted by atomic mass is 32.1. The van der Waals surface area contributed by atoms with Crippen LogP contribution in [0.15, 0.2) is 63.8 Å². The molecule has 6 heterocycles. The third-order valence-corrected chi connectivity index (χ3v) is 11.5. The van der Waals surface area contributed by atoms with Crippen LogP contribution in [0.5, 0.6) is 5.75 Å². The lowest BCUT2D eigenvalue weighted by Gasteiger charge is -2.17. The number of carbonyl (C=O) groups is 1. The smallest absolute Gasteiger partial charge is 0.434 e. The number of H-pyrrole nitrogens is 1. The zero-order valence-electron chi connectivity index (χ0n) is 27.8. The molecule has 3 aliphatic rings. The van der Waals surface area contributed by atoms with Gasteiger partial charge in [0, 0.05) is 17.0 Å². The van der Waals surface area contributed by atoms with Crippen molar-refractivity contribution >= 4 is 33.1 Å². The fourth-order valence-corrected chi connectivity index (χ4v) is 9.14. The van der Waals surface area contributed by atoms with Gasteiger partial charge in [0.25, 0.3) is 18.2 Å². The molecule has 1 fully saturated rings. The second-order valence-corrected chi connectivity index (χ2v) is 14.3. The van der Waals surface area contributed by atoms with Crippen LogP contribution >= 0.6 is 11.3 Å². The number of benzene rings is 2. The lowest BCUT2D eigenvalue weighted by molar-refractivity contribution is 0.0776. The molecule has 52 heavy (non-hydrogen) atoms. The molecule has 264 valence electrons. The molecule has 0 spiro atoms. The van der Waals surface area contributed by atoms with Crippen LogP contribution in [0.2, 0.25) is 0 Å². The molecular weight excluding hydrogens is 694 g/mol. The number of aromatic amines is 1. The van der Waals surface area contributed by atoms with Crippen LogP contribution in [0.4, 0.5) is 19.0 Å². The summed E-state index contributed by atoms with van der Waals surface area (Å²) in [6, 6.07) is 14.8. The van der Waals surface area contributed by atoms with E-state index in [2.05, 4.69) is 20.5 Å². The number of thiophene rings is 1. The molecule has 14 heteroatoms. The highest BCUT2D eigenvalue weighted by Crippen LogP contribution is 2.51. The average molecular weight is 725 g/mol. The molecule has 0 radical (unpaired) electrons. The molecule has 2 N–H and O–H groups in total. The topological polar surface area (TPSA) is 126 Å². The molecule has 2 aromatic carbocycles. The Bertz CT molecular complexity index is 2440. The van der Waals surface area contributed by atoms with Crippen LogP contribution in [-0.2, 0) is 19.3 Å². The van der Waals surface area contributed by atoms with Crippen molar-refractivity contribution in [3.05, 3.63) is 110 Å². The number of halogens is 3. The van der Waals surface area contributed by atoms with E-state index in [1.54, 1.807) is 25.3 Å². The standard InChI is InChI=1S/C38H31F3N6O4S/c1-50-27-6-2-4-21-22(27)12-14-23(21)43-35-33-19(16-25(44-35)34(40)41)17-28(52-33)30-29(36-45-46-38(49)51-36)24(13-9-18-7-10-20(39)11-8-18)42-32-26-5-3-15-47(26)37(48)31(30)32/h2,4,6-8,10-11,16-17,23,26,34H,3,5,9,12-15H2,1H3,(H,43,44)(H,46,49)/t23-,26-/m1/s1. The second-order valence-electron chi connectivity index (χ2n) is 13.3. The number of aryl methyl sites for hydroxylation is 2. The van der Waals surface area contributed by atoms with Crippen LogP contribution in [0.3, 0.4) is 0 Å². The van der Waals surface area contributed by atoms with Gasteiger partial charge in [-0.1, -0.05) is 24.3 Å². The van der Waals surface area contributed by atoms with E-state index in [1.165, 1.54) is 29.5 Å². The van der Waals surface area contributed by atoms with Crippen LogP contribution < -0.4 is 15.8 Å². The van der Waals surface area contributed by atoms with Crippen molar-refractivity contribution in [3.63, 3.8) is 0 Å². The summed E-state index contributed by atoms with van der Waals surface area (Å²) in [5, 5.41) is 10.5. The normalized spacial score (nSPS) is 17.6. The fraction of sp³-hybridized carbons (Fsp3) is 0.289. The van der Waals surface area contributed by atoms with E-state index in [1.807, 2.05) is 23.1 Å². The van der Waals surface area contributed by atoms with Crippen molar-refractivity contribution in [2.24, 2.45) is 0 Å². The quantitative estimate of drug-likeness (QED) is 0.154. The first-order valence-electron chi connectivity index (χ1n) is 17.1. The number of methoxy groups -OCH3 is 1. The van der Waals surface area contributed by atoms with E-state index >= 15 is 0 Å². The van der Waals surface area contributed by atoms with Gasteiger partial charge in [-0.3, -0.25) is 9.78 Å². The molecule has 4 aromatic heterocycles. The Hall–Kier alpha value is -5.50. The summed E-state index contributed by atoms with van der Waals surface area (Å²) in [7, 11) is 1.63. The first-order chi connectivity index (χ1) is 25.3. The van der Waals surface area contributed by atoms with E-state index in [4.69, 9.17) is 14.1 Å². The van der Waals surface area contributed by atoms with Gasteiger partial charge in [0.05, 0.1) is 46.4 Å². The van der Waals surface area contributed by atoms with Crippen LogP contribution in [-0.4, -0.2) is 44.6 Å². The number of hydrogen-bond donors (Lipinski definition) is 2. The van der Waals surface area contributed by atoms with Crippen molar-refractivity contribution in [2.45, 2.75) is 57.0 Å². The van der Waals surface area contributed by atoms with Gasteiger partial charge in [-0.25, -0.2) is 28.0 Å². The number of ether oxygens (including phenoxy) is 1. The molecular formula is C38H31F3N6O4S. The third-order valence-electron chi connectivity index (χ3n) is 10.3. The minimum atomic E-state index is -2.82. The number of fused-ring (bicyclic) bond motifs is 5. The van der Waals surface area contributed by atoms with E-state index in [-0.39, 0.29) is 35.4 Å². The molecule has 10 nitrogen and oxygen atoms in total. The van der Waals surface area contributed by atoms with E-state index in [0.717, 1.165) is 48.1 Å². The number of anilines is 1. The Morgan fingerprint density at radius 1 is 1.06 bits per heavy atom. The Morgan fingerprint density at radius 2 is 1.90 bits per heavy atom. The molecule has 1 saturated heterocycles. The number of carbonyl (C=O) groups excluding carboxylic acids is 1. The number of alkyl halides is 2. The molecule has 2 atom stereocenters. The number of pyridine rings is 2. The summed E-state index contributed by atoms with van der Waals surface area (Å²) < 4.78 is 54.2. The maximum Gasteiger partial charge on any atom is 0.434 e.